The van der Waals surface area contributed by atoms with E-state index in [4.69, 9.17) is 0 Å². The third-order valence-electron chi connectivity index (χ3n) is 3.87. The van der Waals surface area contributed by atoms with Crippen molar-refractivity contribution >= 4 is 23.2 Å². The van der Waals surface area contributed by atoms with Crippen molar-refractivity contribution in [2.75, 3.05) is 13.2 Å². The number of carbonyl (C=O) groups is 2. The van der Waals surface area contributed by atoms with Crippen molar-refractivity contribution in [2.45, 2.75) is 38.1 Å². The van der Waals surface area contributed by atoms with Crippen LogP contribution >= 0.6 is 11.3 Å². The van der Waals surface area contributed by atoms with Gasteiger partial charge in [-0.05, 0) is 24.3 Å². The molecule has 1 aliphatic rings. The minimum absolute atomic E-state index is 0.0631. The molecule has 116 valence electrons. The zero-order chi connectivity index (χ0) is 15.1. The lowest BCUT2D eigenvalue weighted by Gasteiger charge is -2.30. The lowest BCUT2D eigenvalue weighted by Crippen LogP contribution is -2.44. The van der Waals surface area contributed by atoms with Gasteiger partial charge >= 0.3 is 0 Å². The molecule has 2 unspecified atom stereocenters. The van der Waals surface area contributed by atoms with Crippen molar-refractivity contribution in [2.24, 2.45) is 5.92 Å². The van der Waals surface area contributed by atoms with Gasteiger partial charge in [0.05, 0.1) is 4.88 Å². The normalized spacial score (nSPS) is 21.8. The van der Waals surface area contributed by atoms with Crippen LogP contribution in [0.25, 0.3) is 0 Å². The molecule has 1 aromatic rings. The molecule has 3 N–H and O–H groups in total. The molecule has 21 heavy (non-hydrogen) atoms. The molecule has 0 radical (unpaired) electrons. The number of rotatable bonds is 6. The SMILES string of the molecule is O=C(CCNC(=O)c1cccs1)NC1CCCCC1CO. The van der Waals surface area contributed by atoms with Crippen LogP contribution in [-0.4, -0.2) is 36.1 Å². The molecule has 1 aliphatic carbocycles. The average Bonchev–Trinajstić information content (AvgIpc) is 3.02. The van der Waals surface area contributed by atoms with Crippen LogP contribution in [0, 0.1) is 5.92 Å². The summed E-state index contributed by atoms with van der Waals surface area (Å²) in [5.74, 6) is -0.0288. The van der Waals surface area contributed by atoms with E-state index in [1.807, 2.05) is 11.4 Å². The van der Waals surface area contributed by atoms with Crippen LogP contribution in [-0.2, 0) is 4.79 Å². The molecule has 1 saturated carbocycles. The largest absolute Gasteiger partial charge is 0.396 e. The molecular formula is C15H22N2O3S. The number of carbonyl (C=O) groups excluding carboxylic acids is 2. The first-order valence-corrected chi connectivity index (χ1v) is 8.30. The standard InChI is InChI=1S/C15H22N2O3S/c18-10-11-4-1-2-5-12(11)17-14(19)7-8-16-15(20)13-6-3-9-21-13/h3,6,9,11-12,18H,1-2,4-5,7-8,10H2,(H,16,20)(H,17,19). The minimum atomic E-state index is -0.135. The number of aliphatic hydroxyl groups excluding tert-OH is 1. The molecule has 5 nitrogen and oxygen atoms in total. The highest BCUT2D eigenvalue weighted by Crippen LogP contribution is 2.23. The van der Waals surface area contributed by atoms with Crippen molar-refractivity contribution < 1.29 is 14.7 Å². The summed E-state index contributed by atoms with van der Waals surface area (Å²) in [6.45, 7) is 0.457. The van der Waals surface area contributed by atoms with Gasteiger partial charge in [0.2, 0.25) is 5.91 Å². The van der Waals surface area contributed by atoms with Gasteiger partial charge in [0.25, 0.3) is 5.91 Å². The number of hydrogen-bond acceptors (Lipinski definition) is 4. The molecular weight excluding hydrogens is 288 g/mol. The summed E-state index contributed by atoms with van der Waals surface area (Å²) in [7, 11) is 0. The Morgan fingerprint density at radius 3 is 2.86 bits per heavy atom. The fourth-order valence-corrected chi connectivity index (χ4v) is 3.32. The Labute approximate surface area is 128 Å². The Kier molecular flexibility index (Phi) is 6.20. The summed E-state index contributed by atoms with van der Waals surface area (Å²) in [5.41, 5.74) is 0. The lowest BCUT2D eigenvalue weighted by atomic mass is 9.85. The predicted molar refractivity (Wildman–Crippen MR) is 82.2 cm³/mol. The highest BCUT2D eigenvalue weighted by atomic mass is 32.1. The van der Waals surface area contributed by atoms with Crippen LogP contribution in [0.1, 0.15) is 41.8 Å². The highest BCUT2D eigenvalue weighted by Gasteiger charge is 2.25. The summed E-state index contributed by atoms with van der Waals surface area (Å²) >= 11 is 1.38. The Morgan fingerprint density at radius 2 is 2.14 bits per heavy atom. The second-order valence-electron chi connectivity index (χ2n) is 5.38. The van der Waals surface area contributed by atoms with Gasteiger partial charge in [-0.2, -0.15) is 0 Å². The molecule has 1 heterocycles. The first kappa shape index (κ1) is 16.0. The molecule has 0 saturated heterocycles. The first-order chi connectivity index (χ1) is 10.2. The van der Waals surface area contributed by atoms with Gasteiger partial charge in [0.15, 0.2) is 0 Å². The number of amides is 2. The van der Waals surface area contributed by atoms with Crippen LogP contribution in [0.4, 0.5) is 0 Å². The van der Waals surface area contributed by atoms with E-state index in [2.05, 4.69) is 10.6 Å². The minimum Gasteiger partial charge on any atom is -0.396 e. The second-order valence-corrected chi connectivity index (χ2v) is 6.33. The van der Waals surface area contributed by atoms with Gasteiger partial charge in [0.1, 0.15) is 0 Å². The predicted octanol–water partition coefficient (Wildman–Crippen LogP) is 1.54. The summed E-state index contributed by atoms with van der Waals surface area (Å²) in [6.07, 6.45) is 4.38. The van der Waals surface area contributed by atoms with Crippen molar-refractivity contribution in [3.8, 4) is 0 Å². The molecule has 2 rings (SSSR count). The number of thiophene rings is 1. The van der Waals surface area contributed by atoms with E-state index in [9.17, 15) is 14.7 Å². The van der Waals surface area contributed by atoms with E-state index in [-0.39, 0.29) is 36.8 Å². The van der Waals surface area contributed by atoms with Crippen LogP contribution < -0.4 is 10.6 Å². The Morgan fingerprint density at radius 1 is 1.33 bits per heavy atom. The number of hydrogen-bond donors (Lipinski definition) is 3. The fraction of sp³-hybridized carbons (Fsp3) is 0.600. The molecule has 0 aromatic carbocycles. The number of nitrogens with one attached hydrogen (secondary N) is 2. The summed E-state index contributed by atoms with van der Waals surface area (Å²) in [6, 6.07) is 3.66. The molecule has 0 aliphatic heterocycles. The van der Waals surface area contributed by atoms with Crippen molar-refractivity contribution in [1.82, 2.24) is 10.6 Å². The summed E-state index contributed by atoms with van der Waals surface area (Å²) in [5, 5.41) is 16.9. The van der Waals surface area contributed by atoms with E-state index >= 15 is 0 Å². The Hall–Kier alpha value is -1.40. The van der Waals surface area contributed by atoms with Crippen LogP contribution in [0.15, 0.2) is 17.5 Å². The molecule has 6 heteroatoms. The highest BCUT2D eigenvalue weighted by molar-refractivity contribution is 7.12. The van der Waals surface area contributed by atoms with Gasteiger partial charge in [-0.3, -0.25) is 9.59 Å². The molecule has 1 aromatic heterocycles. The molecule has 2 amide bonds. The van der Waals surface area contributed by atoms with Crippen LogP contribution in [0.2, 0.25) is 0 Å². The monoisotopic (exact) mass is 310 g/mol. The molecule has 0 spiro atoms. The van der Waals surface area contributed by atoms with E-state index in [0.717, 1.165) is 25.7 Å². The van der Waals surface area contributed by atoms with E-state index in [0.29, 0.717) is 11.4 Å². The van der Waals surface area contributed by atoms with Crippen molar-refractivity contribution in [1.29, 1.82) is 0 Å². The molecule has 2 atom stereocenters. The molecule has 1 fully saturated rings. The fourth-order valence-electron chi connectivity index (χ4n) is 2.68. The smallest absolute Gasteiger partial charge is 0.261 e. The average molecular weight is 310 g/mol. The van der Waals surface area contributed by atoms with Gasteiger partial charge in [-0.15, -0.1) is 11.3 Å². The van der Waals surface area contributed by atoms with Gasteiger partial charge < -0.3 is 15.7 Å². The zero-order valence-corrected chi connectivity index (χ0v) is 12.8. The maximum Gasteiger partial charge on any atom is 0.261 e. The lowest BCUT2D eigenvalue weighted by molar-refractivity contribution is -0.122. The Balaban J connectivity index is 1.68. The second kappa shape index (κ2) is 8.14. The first-order valence-electron chi connectivity index (χ1n) is 7.42. The van der Waals surface area contributed by atoms with Crippen molar-refractivity contribution in [3.05, 3.63) is 22.4 Å². The quantitative estimate of drug-likeness (QED) is 0.746. The van der Waals surface area contributed by atoms with Gasteiger partial charge in [-0.1, -0.05) is 18.9 Å². The topological polar surface area (TPSA) is 78.4 Å². The maximum absolute atomic E-state index is 11.9. The summed E-state index contributed by atoms with van der Waals surface area (Å²) < 4.78 is 0. The molecule has 0 bridgehead atoms. The number of aliphatic hydroxyl groups is 1. The van der Waals surface area contributed by atoms with E-state index < -0.39 is 0 Å². The van der Waals surface area contributed by atoms with Gasteiger partial charge in [0, 0.05) is 31.5 Å². The van der Waals surface area contributed by atoms with Crippen LogP contribution in [0.5, 0.6) is 0 Å². The van der Waals surface area contributed by atoms with Gasteiger partial charge in [-0.25, -0.2) is 0 Å². The summed E-state index contributed by atoms with van der Waals surface area (Å²) in [4.78, 5) is 24.3. The van der Waals surface area contributed by atoms with Crippen molar-refractivity contribution in [3.63, 3.8) is 0 Å². The maximum atomic E-state index is 11.9. The van der Waals surface area contributed by atoms with E-state index in [1.165, 1.54) is 11.3 Å². The third kappa shape index (κ3) is 4.82. The zero-order valence-electron chi connectivity index (χ0n) is 12.0. The Bertz CT molecular complexity index is 461. The van der Waals surface area contributed by atoms with E-state index in [1.54, 1.807) is 6.07 Å². The third-order valence-corrected chi connectivity index (χ3v) is 4.74. The van der Waals surface area contributed by atoms with Crippen LogP contribution in [0.3, 0.4) is 0 Å².